The molecule has 1 heterocycles. The highest BCUT2D eigenvalue weighted by Crippen LogP contribution is 2.31. The van der Waals surface area contributed by atoms with Crippen LogP contribution in [0.15, 0.2) is 47.4 Å². The highest BCUT2D eigenvalue weighted by atomic mass is 32.2. The van der Waals surface area contributed by atoms with Gasteiger partial charge in [0, 0.05) is 24.1 Å². The number of amides is 1. The van der Waals surface area contributed by atoms with Gasteiger partial charge in [-0.2, -0.15) is 5.26 Å². The molecule has 9 nitrogen and oxygen atoms in total. The molecule has 2 aromatic carbocycles. The summed E-state index contributed by atoms with van der Waals surface area (Å²) in [5, 5.41) is 23.0. The first kappa shape index (κ1) is 24.1. The van der Waals surface area contributed by atoms with Crippen molar-refractivity contribution in [3.05, 3.63) is 58.1 Å². The minimum Gasteiger partial charge on any atom is -0.452 e. The predicted molar refractivity (Wildman–Crippen MR) is 125 cm³/mol. The molecule has 0 spiro atoms. The molecule has 1 aliphatic heterocycles. The number of hydrogen-bond acceptors (Lipinski definition) is 8. The molecule has 1 aliphatic rings. The van der Waals surface area contributed by atoms with Gasteiger partial charge in [0.1, 0.15) is 5.69 Å². The van der Waals surface area contributed by atoms with Crippen LogP contribution in [0.1, 0.15) is 36.0 Å². The van der Waals surface area contributed by atoms with Crippen LogP contribution in [0.5, 0.6) is 0 Å². The van der Waals surface area contributed by atoms with Gasteiger partial charge in [-0.3, -0.25) is 14.9 Å². The lowest BCUT2D eigenvalue weighted by molar-refractivity contribution is -0.384. The molecule has 1 N–H and O–H groups in total. The number of rotatable bonds is 8. The number of carbonyl (C=O) groups is 2. The fraction of sp³-hybridized carbons (Fsp3) is 0.348. The molecular formula is C23H24N4O5S. The number of para-hydroxylation sites is 1. The van der Waals surface area contributed by atoms with Gasteiger partial charge < -0.3 is 15.0 Å². The summed E-state index contributed by atoms with van der Waals surface area (Å²) < 4.78 is 5.08. The van der Waals surface area contributed by atoms with E-state index in [0.717, 1.165) is 43.7 Å². The second-order valence-electron chi connectivity index (χ2n) is 7.43. The standard InChI is InChI=1S/C23H24N4O5S/c24-11-14-33-21-8-4-3-7-18(21)25-22(28)16-32-23(29)17-9-10-19(20(15-17)27(30)31)26-12-5-1-2-6-13-26/h3-4,7-10,15H,1-2,5-6,12-14,16H2,(H,25,28). The Morgan fingerprint density at radius 1 is 1.15 bits per heavy atom. The third-order valence-electron chi connectivity index (χ3n) is 5.14. The number of esters is 1. The third kappa shape index (κ3) is 6.70. The largest absolute Gasteiger partial charge is 0.452 e. The number of anilines is 2. The van der Waals surface area contributed by atoms with Crippen LogP contribution in [0.3, 0.4) is 0 Å². The maximum absolute atomic E-state index is 12.4. The van der Waals surface area contributed by atoms with Gasteiger partial charge in [0.25, 0.3) is 11.6 Å². The van der Waals surface area contributed by atoms with E-state index in [1.807, 2.05) is 11.0 Å². The summed E-state index contributed by atoms with van der Waals surface area (Å²) in [7, 11) is 0. The van der Waals surface area contributed by atoms with E-state index < -0.39 is 23.4 Å². The highest BCUT2D eigenvalue weighted by Gasteiger charge is 2.23. The van der Waals surface area contributed by atoms with Crippen molar-refractivity contribution in [3.8, 4) is 6.07 Å². The van der Waals surface area contributed by atoms with E-state index in [-0.39, 0.29) is 17.0 Å². The Bertz CT molecular complexity index is 1060. The van der Waals surface area contributed by atoms with Crippen LogP contribution in [0.4, 0.5) is 17.1 Å². The van der Waals surface area contributed by atoms with Crippen LogP contribution in [-0.4, -0.2) is 42.2 Å². The summed E-state index contributed by atoms with van der Waals surface area (Å²) in [6.45, 7) is 0.926. The van der Waals surface area contributed by atoms with Gasteiger partial charge in [-0.1, -0.05) is 25.0 Å². The van der Waals surface area contributed by atoms with Gasteiger partial charge in [0.05, 0.1) is 28.0 Å². The van der Waals surface area contributed by atoms with Crippen molar-refractivity contribution in [2.75, 3.05) is 35.7 Å². The Kier molecular flexibility index (Phi) is 8.66. The van der Waals surface area contributed by atoms with E-state index in [2.05, 4.69) is 5.32 Å². The quantitative estimate of drug-likeness (QED) is 0.262. The lowest BCUT2D eigenvalue weighted by Crippen LogP contribution is -2.25. The topological polar surface area (TPSA) is 126 Å². The fourth-order valence-electron chi connectivity index (χ4n) is 3.58. The molecule has 2 aromatic rings. The molecule has 10 heteroatoms. The summed E-state index contributed by atoms with van der Waals surface area (Å²) >= 11 is 1.28. The Hall–Kier alpha value is -3.58. The van der Waals surface area contributed by atoms with Crippen molar-refractivity contribution in [2.45, 2.75) is 30.6 Å². The minimum atomic E-state index is -0.817. The summed E-state index contributed by atoms with van der Waals surface area (Å²) in [5.74, 6) is -1.14. The van der Waals surface area contributed by atoms with E-state index in [1.54, 1.807) is 30.3 Å². The first-order valence-electron chi connectivity index (χ1n) is 10.6. The van der Waals surface area contributed by atoms with Crippen molar-refractivity contribution in [3.63, 3.8) is 0 Å². The number of hydrogen-bond donors (Lipinski definition) is 1. The molecule has 1 fully saturated rings. The summed E-state index contributed by atoms with van der Waals surface area (Å²) in [4.78, 5) is 38.6. The summed E-state index contributed by atoms with van der Waals surface area (Å²) in [6, 6.07) is 13.3. The van der Waals surface area contributed by atoms with Gasteiger partial charge in [-0.25, -0.2) is 4.79 Å². The molecule has 0 aliphatic carbocycles. The number of nitro groups is 1. The van der Waals surface area contributed by atoms with Gasteiger partial charge in [0.2, 0.25) is 0 Å². The van der Waals surface area contributed by atoms with Gasteiger partial charge in [-0.15, -0.1) is 11.8 Å². The average Bonchev–Trinajstić information content (AvgIpc) is 3.11. The first-order valence-corrected chi connectivity index (χ1v) is 11.6. The number of nitro benzene ring substituents is 1. The third-order valence-corrected chi connectivity index (χ3v) is 6.08. The monoisotopic (exact) mass is 468 g/mol. The van der Waals surface area contributed by atoms with E-state index in [9.17, 15) is 19.7 Å². The molecule has 0 saturated carbocycles. The number of benzene rings is 2. The molecule has 0 bridgehead atoms. The maximum atomic E-state index is 12.4. The second-order valence-corrected chi connectivity index (χ2v) is 8.45. The molecule has 172 valence electrons. The predicted octanol–water partition coefficient (Wildman–Crippen LogP) is 4.39. The zero-order valence-electron chi connectivity index (χ0n) is 18.0. The number of nitrogens with one attached hydrogen (secondary N) is 1. The van der Waals surface area contributed by atoms with Crippen LogP contribution >= 0.6 is 11.8 Å². The first-order chi connectivity index (χ1) is 16.0. The molecule has 0 radical (unpaired) electrons. The normalized spacial score (nSPS) is 13.5. The Morgan fingerprint density at radius 2 is 1.88 bits per heavy atom. The fourth-order valence-corrected chi connectivity index (χ4v) is 4.25. The van der Waals surface area contributed by atoms with E-state index in [0.29, 0.717) is 11.4 Å². The highest BCUT2D eigenvalue weighted by molar-refractivity contribution is 7.99. The zero-order chi connectivity index (χ0) is 23.6. The number of nitriles is 1. The molecule has 0 aromatic heterocycles. The Balaban J connectivity index is 1.64. The van der Waals surface area contributed by atoms with Crippen LogP contribution in [0.2, 0.25) is 0 Å². The summed E-state index contributed by atoms with van der Waals surface area (Å²) in [5.41, 5.74) is 0.858. The number of carbonyl (C=O) groups excluding carboxylic acids is 2. The Labute approximate surface area is 195 Å². The number of nitrogens with zero attached hydrogens (tertiary/aromatic N) is 3. The van der Waals surface area contributed by atoms with Crippen LogP contribution in [0.25, 0.3) is 0 Å². The molecule has 33 heavy (non-hydrogen) atoms. The second kappa shape index (κ2) is 11.9. The van der Waals surface area contributed by atoms with Crippen molar-refractivity contribution in [2.24, 2.45) is 0 Å². The smallest absolute Gasteiger partial charge is 0.338 e. The lowest BCUT2D eigenvalue weighted by Gasteiger charge is -2.22. The number of thioether (sulfide) groups is 1. The van der Waals surface area contributed by atoms with Crippen molar-refractivity contribution in [1.29, 1.82) is 5.26 Å². The van der Waals surface area contributed by atoms with Gasteiger partial charge >= 0.3 is 5.97 Å². The van der Waals surface area contributed by atoms with Crippen molar-refractivity contribution < 1.29 is 19.2 Å². The summed E-state index contributed by atoms with van der Waals surface area (Å²) in [6.07, 6.45) is 4.12. The van der Waals surface area contributed by atoms with E-state index in [4.69, 9.17) is 10.00 Å². The van der Waals surface area contributed by atoms with Crippen molar-refractivity contribution in [1.82, 2.24) is 0 Å². The molecule has 3 rings (SSSR count). The van der Waals surface area contributed by atoms with Crippen LogP contribution in [-0.2, 0) is 9.53 Å². The maximum Gasteiger partial charge on any atom is 0.338 e. The molecular weight excluding hydrogens is 444 g/mol. The Morgan fingerprint density at radius 3 is 2.58 bits per heavy atom. The molecule has 0 atom stereocenters. The van der Waals surface area contributed by atoms with E-state index >= 15 is 0 Å². The zero-order valence-corrected chi connectivity index (χ0v) is 18.8. The SMILES string of the molecule is N#CCSc1ccccc1NC(=O)COC(=O)c1ccc(N2CCCCCC2)c([N+](=O)[O-])c1. The minimum absolute atomic E-state index is 0.0121. The van der Waals surface area contributed by atoms with E-state index in [1.165, 1.54) is 23.9 Å². The van der Waals surface area contributed by atoms with Gasteiger partial charge in [-0.05, 0) is 37.1 Å². The molecule has 1 saturated heterocycles. The molecule has 0 unspecified atom stereocenters. The van der Waals surface area contributed by atoms with Crippen LogP contribution in [0, 0.1) is 21.4 Å². The number of ether oxygens (including phenoxy) is 1. The average molecular weight is 469 g/mol. The lowest BCUT2D eigenvalue weighted by atomic mass is 10.1. The van der Waals surface area contributed by atoms with Crippen molar-refractivity contribution >= 4 is 40.7 Å². The van der Waals surface area contributed by atoms with Crippen LogP contribution < -0.4 is 10.2 Å². The molecule has 1 amide bonds. The van der Waals surface area contributed by atoms with Gasteiger partial charge in [0.15, 0.2) is 6.61 Å².